The molecule has 0 bridgehead atoms. The number of aromatic nitrogens is 6. The highest BCUT2D eigenvalue weighted by Gasteiger charge is 2.51. The Hall–Kier alpha value is -3.88. The molecule has 0 aliphatic heterocycles. The van der Waals surface area contributed by atoms with E-state index in [0.29, 0.717) is 29.8 Å². The van der Waals surface area contributed by atoms with Gasteiger partial charge in [0.15, 0.2) is 5.82 Å². The van der Waals surface area contributed by atoms with Crippen LogP contribution in [0.4, 0.5) is 5.69 Å². The van der Waals surface area contributed by atoms with Crippen LogP contribution in [-0.4, -0.2) is 42.1 Å². The van der Waals surface area contributed by atoms with Crippen molar-refractivity contribution in [3.05, 3.63) is 72.4 Å². The predicted molar refractivity (Wildman–Crippen MR) is 112 cm³/mol. The van der Waals surface area contributed by atoms with Crippen LogP contribution in [0.25, 0.3) is 11.6 Å². The Morgan fingerprint density at radius 1 is 1.16 bits per heavy atom. The highest BCUT2D eigenvalue weighted by Crippen LogP contribution is 2.52. The van der Waals surface area contributed by atoms with Gasteiger partial charge in [0, 0.05) is 32.2 Å². The summed E-state index contributed by atoms with van der Waals surface area (Å²) >= 11 is 0. The Kier molecular flexibility index (Phi) is 4.58. The number of nitrogens with zero attached hydrogens (tertiary/aromatic N) is 7. The molecule has 0 atom stereocenters. The van der Waals surface area contributed by atoms with E-state index in [-0.39, 0.29) is 11.3 Å². The lowest BCUT2D eigenvalue weighted by atomic mass is 9.98. The van der Waals surface area contributed by atoms with Crippen molar-refractivity contribution in [3.8, 4) is 11.6 Å². The van der Waals surface area contributed by atoms with Crippen LogP contribution >= 0.6 is 0 Å². The number of hydrogen-bond donors (Lipinski definition) is 0. The van der Waals surface area contributed by atoms with E-state index in [0.717, 1.165) is 24.1 Å². The minimum atomic E-state index is -0.275. The molecule has 0 radical (unpaired) electrons. The zero-order chi connectivity index (χ0) is 21.4. The molecule has 0 unspecified atom stereocenters. The second-order valence-corrected chi connectivity index (χ2v) is 7.53. The lowest BCUT2D eigenvalue weighted by Gasteiger charge is -2.20. The maximum absolute atomic E-state index is 13.2. The van der Waals surface area contributed by atoms with Crippen molar-refractivity contribution in [3.63, 3.8) is 0 Å². The molecule has 0 spiro atoms. The molecule has 156 valence electrons. The Labute approximate surface area is 178 Å². The largest absolute Gasteiger partial charge is 0.338 e. The normalized spacial score (nSPS) is 14.4. The van der Waals surface area contributed by atoms with Gasteiger partial charge in [-0.25, -0.2) is 4.98 Å². The van der Waals surface area contributed by atoms with E-state index in [9.17, 15) is 4.79 Å². The smallest absolute Gasteiger partial charge is 0.276 e. The van der Waals surface area contributed by atoms with Gasteiger partial charge in [0.1, 0.15) is 5.69 Å². The van der Waals surface area contributed by atoms with Crippen LogP contribution in [0.15, 0.2) is 59.8 Å². The number of anilines is 1. The molecule has 0 N–H and O–H groups in total. The Balaban J connectivity index is 1.44. The third kappa shape index (κ3) is 3.18. The number of amides is 1. The third-order valence-corrected chi connectivity index (χ3v) is 5.73. The maximum Gasteiger partial charge on any atom is 0.276 e. The number of pyridine rings is 2. The zero-order valence-electron chi connectivity index (χ0n) is 17.3. The van der Waals surface area contributed by atoms with Gasteiger partial charge in [-0.15, -0.1) is 0 Å². The second kappa shape index (κ2) is 7.42. The standard InChI is InChI=1S/C22H21N7O2/c1-3-29(16-7-5-11-24-13-16)20(30)17-14-25-19(28(17)2)18-26-21(31-27-18)22(8-9-22)15-6-4-10-23-12-15/h4-7,10-14H,3,8-9H2,1-2H3. The molecule has 9 nitrogen and oxygen atoms in total. The molecule has 31 heavy (non-hydrogen) atoms. The summed E-state index contributed by atoms with van der Waals surface area (Å²) in [6, 6.07) is 7.59. The van der Waals surface area contributed by atoms with E-state index in [1.807, 2.05) is 31.3 Å². The molecular weight excluding hydrogens is 394 g/mol. The fourth-order valence-corrected chi connectivity index (χ4v) is 3.82. The number of carbonyl (C=O) groups is 1. The average molecular weight is 415 g/mol. The third-order valence-electron chi connectivity index (χ3n) is 5.73. The van der Waals surface area contributed by atoms with Gasteiger partial charge in [0.05, 0.1) is 23.5 Å². The van der Waals surface area contributed by atoms with Crippen LogP contribution in [0.5, 0.6) is 0 Å². The first-order valence-corrected chi connectivity index (χ1v) is 10.1. The van der Waals surface area contributed by atoms with Crippen LogP contribution < -0.4 is 4.90 Å². The predicted octanol–water partition coefficient (Wildman–Crippen LogP) is 3.01. The minimum Gasteiger partial charge on any atom is -0.338 e. The molecule has 1 aliphatic carbocycles. The molecule has 4 aromatic heterocycles. The van der Waals surface area contributed by atoms with Gasteiger partial charge in [0.25, 0.3) is 5.91 Å². The molecule has 0 saturated heterocycles. The van der Waals surface area contributed by atoms with Crippen molar-refractivity contribution >= 4 is 11.6 Å². The van der Waals surface area contributed by atoms with Gasteiger partial charge in [0.2, 0.25) is 11.7 Å². The first-order valence-electron chi connectivity index (χ1n) is 10.1. The second-order valence-electron chi connectivity index (χ2n) is 7.53. The number of imidazole rings is 1. The van der Waals surface area contributed by atoms with Crippen molar-refractivity contribution in [2.75, 3.05) is 11.4 Å². The lowest BCUT2D eigenvalue weighted by Crippen LogP contribution is -2.32. The van der Waals surface area contributed by atoms with Crippen molar-refractivity contribution < 1.29 is 9.32 Å². The highest BCUT2D eigenvalue weighted by molar-refractivity contribution is 6.05. The van der Waals surface area contributed by atoms with Crippen molar-refractivity contribution in [2.24, 2.45) is 7.05 Å². The summed E-state index contributed by atoms with van der Waals surface area (Å²) in [5, 5.41) is 4.15. The van der Waals surface area contributed by atoms with E-state index >= 15 is 0 Å². The lowest BCUT2D eigenvalue weighted by molar-refractivity contribution is 0.0980. The number of rotatable bonds is 6. The molecule has 1 saturated carbocycles. The van der Waals surface area contributed by atoms with E-state index < -0.39 is 0 Å². The monoisotopic (exact) mass is 415 g/mol. The van der Waals surface area contributed by atoms with Gasteiger partial charge in [-0.05, 0) is 43.5 Å². The molecular formula is C22H21N7O2. The summed E-state index contributed by atoms with van der Waals surface area (Å²) < 4.78 is 7.31. The number of hydrogen-bond acceptors (Lipinski definition) is 7. The first kappa shape index (κ1) is 19.1. The van der Waals surface area contributed by atoms with Crippen LogP contribution in [0.2, 0.25) is 0 Å². The van der Waals surface area contributed by atoms with Gasteiger partial charge in [-0.1, -0.05) is 11.2 Å². The van der Waals surface area contributed by atoms with E-state index in [2.05, 4.69) is 25.1 Å². The van der Waals surface area contributed by atoms with E-state index in [1.165, 1.54) is 0 Å². The van der Waals surface area contributed by atoms with Crippen LogP contribution in [0.3, 0.4) is 0 Å². The Bertz CT molecular complexity index is 1210. The van der Waals surface area contributed by atoms with Crippen molar-refractivity contribution in [1.82, 2.24) is 29.7 Å². The molecule has 0 aromatic carbocycles. The van der Waals surface area contributed by atoms with Gasteiger partial charge in [-0.3, -0.25) is 14.8 Å². The van der Waals surface area contributed by atoms with Crippen molar-refractivity contribution in [2.45, 2.75) is 25.2 Å². The molecule has 1 fully saturated rings. The fourth-order valence-electron chi connectivity index (χ4n) is 3.82. The van der Waals surface area contributed by atoms with E-state index in [1.54, 1.807) is 47.4 Å². The summed E-state index contributed by atoms with van der Waals surface area (Å²) in [5.41, 5.74) is 1.95. The molecule has 4 aromatic rings. The quantitative estimate of drug-likeness (QED) is 0.477. The molecule has 4 heterocycles. The van der Waals surface area contributed by atoms with Crippen LogP contribution in [-0.2, 0) is 12.5 Å². The Morgan fingerprint density at radius 2 is 1.94 bits per heavy atom. The summed E-state index contributed by atoms with van der Waals surface area (Å²) in [6.45, 7) is 2.42. The molecule has 1 aliphatic rings. The number of carbonyl (C=O) groups excluding carboxylic acids is 1. The van der Waals surface area contributed by atoms with Crippen LogP contribution in [0, 0.1) is 0 Å². The molecule has 5 rings (SSSR count). The minimum absolute atomic E-state index is 0.172. The maximum atomic E-state index is 13.2. The highest BCUT2D eigenvalue weighted by atomic mass is 16.5. The van der Waals surface area contributed by atoms with Gasteiger partial charge < -0.3 is 14.0 Å². The Morgan fingerprint density at radius 3 is 2.58 bits per heavy atom. The molecule has 9 heteroatoms. The van der Waals surface area contributed by atoms with Gasteiger partial charge in [-0.2, -0.15) is 4.98 Å². The summed E-state index contributed by atoms with van der Waals surface area (Å²) in [6.07, 6.45) is 10.3. The summed E-state index contributed by atoms with van der Waals surface area (Å²) in [7, 11) is 1.77. The topological polar surface area (TPSA) is 103 Å². The zero-order valence-corrected chi connectivity index (χ0v) is 17.3. The van der Waals surface area contributed by atoms with E-state index in [4.69, 9.17) is 4.52 Å². The summed E-state index contributed by atoms with van der Waals surface area (Å²) in [4.78, 5) is 32.2. The van der Waals surface area contributed by atoms with Crippen molar-refractivity contribution in [1.29, 1.82) is 0 Å². The summed E-state index contributed by atoms with van der Waals surface area (Å²) in [5.74, 6) is 1.21. The average Bonchev–Trinajstić information content (AvgIpc) is 3.31. The molecule has 1 amide bonds. The first-order chi connectivity index (χ1) is 15.1. The van der Waals surface area contributed by atoms with Gasteiger partial charge >= 0.3 is 0 Å². The fraction of sp³-hybridized carbons (Fsp3) is 0.273. The van der Waals surface area contributed by atoms with Crippen LogP contribution in [0.1, 0.15) is 41.7 Å². The SMILES string of the molecule is CCN(C(=O)c1cnc(-c2noc(C3(c4cccnc4)CC3)n2)n1C)c1cccnc1.